The van der Waals surface area contributed by atoms with Crippen LogP contribution in [0.4, 0.5) is 5.69 Å². The summed E-state index contributed by atoms with van der Waals surface area (Å²) in [6.45, 7) is 1.69. The highest BCUT2D eigenvalue weighted by Gasteiger charge is 2.11. The molecule has 0 aliphatic rings. The van der Waals surface area contributed by atoms with Gasteiger partial charge in [-0.25, -0.2) is 0 Å². The molecule has 1 unspecified atom stereocenters. The van der Waals surface area contributed by atoms with E-state index in [2.05, 4.69) is 17.4 Å². The third kappa shape index (κ3) is 5.88. The van der Waals surface area contributed by atoms with Crippen molar-refractivity contribution >= 4 is 17.6 Å². The van der Waals surface area contributed by atoms with E-state index in [0.29, 0.717) is 12.8 Å². The largest absolute Gasteiger partial charge is 0.481 e. The number of anilines is 1. The van der Waals surface area contributed by atoms with Gasteiger partial charge in [-0.1, -0.05) is 49.4 Å². The van der Waals surface area contributed by atoms with E-state index >= 15 is 0 Å². The van der Waals surface area contributed by atoms with Gasteiger partial charge in [0.2, 0.25) is 5.91 Å². The molecule has 4 heteroatoms. The summed E-state index contributed by atoms with van der Waals surface area (Å²) < 4.78 is 0. The fraction of sp³-hybridized carbons (Fsp3) is 0.300. The number of amides is 1. The van der Waals surface area contributed by atoms with Crippen molar-refractivity contribution in [2.75, 3.05) is 5.32 Å². The van der Waals surface area contributed by atoms with Gasteiger partial charge in [0, 0.05) is 12.1 Å². The van der Waals surface area contributed by atoms with Crippen molar-refractivity contribution in [2.24, 2.45) is 5.92 Å². The second-order valence-electron chi connectivity index (χ2n) is 6.03. The van der Waals surface area contributed by atoms with E-state index in [-0.39, 0.29) is 5.91 Å². The monoisotopic (exact) mass is 325 g/mol. The van der Waals surface area contributed by atoms with Crippen LogP contribution in [0.1, 0.15) is 30.9 Å². The molecule has 1 atom stereocenters. The lowest BCUT2D eigenvalue weighted by Gasteiger charge is -2.08. The second-order valence-corrected chi connectivity index (χ2v) is 6.03. The Bertz CT molecular complexity index is 665. The topological polar surface area (TPSA) is 66.4 Å². The fourth-order valence-corrected chi connectivity index (χ4v) is 2.49. The summed E-state index contributed by atoms with van der Waals surface area (Å²) in [7, 11) is 0. The molecule has 2 aromatic rings. The first-order chi connectivity index (χ1) is 11.5. The van der Waals surface area contributed by atoms with Crippen LogP contribution in [0.25, 0.3) is 0 Å². The first-order valence-electron chi connectivity index (χ1n) is 8.20. The van der Waals surface area contributed by atoms with Gasteiger partial charge in [-0.2, -0.15) is 0 Å². The number of carboxylic acids is 1. The normalized spacial score (nSPS) is 11.7. The van der Waals surface area contributed by atoms with Crippen LogP contribution in [0, 0.1) is 5.92 Å². The third-order valence-electron chi connectivity index (χ3n) is 3.91. The van der Waals surface area contributed by atoms with Gasteiger partial charge in [0.1, 0.15) is 0 Å². The number of rotatable bonds is 8. The molecule has 0 spiro atoms. The highest BCUT2D eigenvalue weighted by atomic mass is 16.4. The van der Waals surface area contributed by atoms with E-state index in [1.54, 1.807) is 6.92 Å². The molecule has 1 amide bonds. The maximum absolute atomic E-state index is 12.0. The molecule has 0 heterocycles. The Labute approximate surface area is 142 Å². The van der Waals surface area contributed by atoms with Crippen LogP contribution in [0.15, 0.2) is 54.6 Å². The van der Waals surface area contributed by atoms with Crippen LogP contribution >= 0.6 is 0 Å². The van der Waals surface area contributed by atoms with E-state index in [4.69, 9.17) is 5.11 Å². The Kier molecular flexibility index (Phi) is 6.55. The minimum atomic E-state index is -0.800. The molecule has 0 saturated carbocycles. The summed E-state index contributed by atoms with van der Waals surface area (Å²) >= 11 is 0. The van der Waals surface area contributed by atoms with Crippen molar-refractivity contribution in [1.29, 1.82) is 0 Å². The summed E-state index contributed by atoms with van der Waals surface area (Å²) in [5.74, 6) is -1.22. The van der Waals surface area contributed by atoms with Gasteiger partial charge >= 0.3 is 5.97 Å². The van der Waals surface area contributed by atoms with E-state index in [1.165, 1.54) is 5.56 Å². The smallest absolute Gasteiger partial charge is 0.306 e. The van der Waals surface area contributed by atoms with Crippen LogP contribution in [-0.2, 0) is 22.4 Å². The van der Waals surface area contributed by atoms with E-state index < -0.39 is 11.9 Å². The summed E-state index contributed by atoms with van der Waals surface area (Å²) in [4.78, 5) is 22.8. The summed E-state index contributed by atoms with van der Waals surface area (Å²) in [6.07, 6.45) is 2.66. The molecule has 0 aliphatic carbocycles. The minimum absolute atomic E-state index is 0.00224. The van der Waals surface area contributed by atoms with Crippen molar-refractivity contribution in [3.63, 3.8) is 0 Å². The van der Waals surface area contributed by atoms with Crippen LogP contribution in [0.5, 0.6) is 0 Å². The van der Waals surface area contributed by atoms with Gasteiger partial charge in [0.15, 0.2) is 0 Å². The molecular weight excluding hydrogens is 302 g/mol. The number of nitrogens with one attached hydrogen (secondary N) is 1. The average molecular weight is 325 g/mol. The van der Waals surface area contributed by atoms with Gasteiger partial charge in [-0.05, 0) is 42.5 Å². The van der Waals surface area contributed by atoms with Crippen LogP contribution in [0.2, 0.25) is 0 Å². The molecule has 0 radical (unpaired) electrons. The highest BCUT2D eigenvalue weighted by Crippen LogP contribution is 2.14. The Morgan fingerprint density at radius 3 is 2.29 bits per heavy atom. The Balaban J connectivity index is 1.76. The van der Waals surface area contributed by atoms with Gasteiger partial charge in [-0.15, -0.1) is 0 Å². The molecule has 24 heavy (non-hydrogen) atoms. The number of carbonyl (C=O) groups excluding carboxylic acids is 1. The Morgan fingerprint density at radius 1 is 1.00 bits per heavy atom. The molecule has 4 nitrogen and oxygen atoms in total. The van der Waals surface area contributed by atoms with Gasteiger partial charge in [-0.3, -0.25) is 9.59 Å². The predicted octanol–water partition coefficient (Wildman–Crippen LogP) is 3.91. The van der Waals surface area contributed by atoms with Crippen molar-refractivity contribution in [3.8, 4) is 0 Å². The average Bonchev–Trinajstić information content (AvgIpc) is 2.57. The SMILES string of the molecule is CC(Cc1ccc(NC(=O)CCCc2ccccc2)cc1)C(=O)O. The van der Waals surface area contributed by atoms with E-state index in [9.17, 15) is 9.59 Å². The Hall–Kier alpha value is -2.62. The van der Waals surface area contributed by atoms with Crippen molar-refractivity contribution in [2.45, 2.75) is 32.6 Å². The van der Waals surface area contributed by atoms with Crippen molar-refractivity contribution < 1.29 is 14.7 Å². The number of carbonyl (C=O) groups is 2. The summed E-state index contributed by atoms with van der Waals surface area (Å²) in [5.41, 5.74) is 2.93. The lowest BCUT2D eigenvalue weighted by Crippen LogP contribution is -2.13. The van der Waals surface area contributed by atoms with Crippen molar-refractivity contribution in [1.82, 2.24) is 0 Å². The molecule has 2 aromatic carbocycles. The standard InChI is InChI=1S/C20H23NO3/c1-15(20(23)24)14-17-10-12-18(13-11-17)21-19(22)9-5-8-16-6-3-2-4-7-16/h2-4,6-7,10-13,15H,5,8-9,14H2,1H3,(H,21,22)(H,23,24). The van der Waals surface area contributed by atoms with Crippen LogP contribution < -0.4 is 5.32 Å². The molecule has 0 fully saturated rings. The number of aryl methyl sites for hydroxylation is 1. The molecular formula is C20H23NO3. The highest BCUT2D eigenvalue weighted by molar-refractivity contribution is 5.90. The maximum Gasteiger partial charge on any atom is 0.306 e. The zero-order valence-electron chi connectivity index (χ0n) is 13.9. The summed E-state index contributed by atoms with van der Waals surface area (Å²) in [5, 5.41) is 11.8. The van der Waals surface area contributed by atoms with Gasteiger partial charge < -0.3 is 10.4 Å². The van der Waals surface area contributed by atoms with Gasteiger partial charge in [0.05, 0.1) is 5.92 Å². The molecule has 0 aliphatic heterocycles. The molecule has 0 saturated heterocycles. The lowest BCUT2D eigenvalue weighted by molar-refractivity contribution is -0.141. The second kappa shape index (κ2) is 8.87. The molecule has 126 valence electrons. The fourth-order valence-electron chi connectivity index (χ4n) is 2.49. The number of carboxylic acid groups (broad SMARTS) is 1. The minimum Gasteiger partial charge on any atom is -0.481 e. The first kappa shape index (κ1) is 17.7. The molecule has 0 aromatic heterocycles. The zero-order valence-corrected chi connectivity index (χ0v) is 13.9. The zero-order chi connectivity index (χ0) is 17.4. The Morgan fingerprint density at radius 2 is 1.67 bits per heavy atom. The first-order valence-corrected chi connectivity index (χ1v) is 8.20. The number of hydrogen-bond donors (Lipinski definition) is 2. The van der Waals surface area contributed by atoms with Crippen molar-refractivity contribution in [3.05, 3.63) is 65.7 Å². The van der Waals surface area contributed by atoms with Crippen LogP contribution in [0.3, 0.4) is 0 Å². The molecule has 2 N–H and O–H groups in total. The van der Waals surface area contributed by atoms with E-state index in [1.807, 2.05) is 42.5 Å². The third-order valence-corrected chi connectivity index (χ3v) is 3.91. The molecule has 0 bridgehead atoms. The maximum atomic E-state index is 12.0. The quantitative estimate of drug-likeness (QED) is 0.773. The molecule has 2 rings (SSSR count). The lowest BCUT2D eigenvalue weighted by atomic mass is 10.0. The number of hydrogen-bond acceptors (Lipinski definition) is 2. The number of aliphatic carboxylic acids is 1. The predicted molar refractivity (Wildman–Crippen MR) is 95.0 cm³/mol. The van der Waals surface area contributed by atoms with Crippen LogP contribution in [-0.4, -0.2) is 17.0 Å². The summed E-state index contributed by atoms with van der Waals surface area (Å²) in [6, 6.07) is 17.5. The number of benzene rings is 2. The van der Waals surface area contributed by atoms with E-state index in [0.717, 1.165) is 24.1 Å². The van der Waals surface area contributed by atoms with Gasteiger partial charge in [0.25, 0.3) is 0 Å².